The average molecular weight is 290 g/mol. The van der Waals surface area contributed by atoms with Crippen LogP contribution in [-0.2, 0) is 6.42 Å². The molecule has 3 rings (SSSR count). The summed E-state index contributed by atoms with van der Waals surface area (Å²) in [6, 6.07) is 1.85. The molecule has 1 fully saturated rings. The molecular formula is C13H18N6S. The molecule has 0 unspecified atom stereocenters. The lowest BCUT2D eigenvalue weighted by Crippen LogP contribution is -2.31. The maximum absolute atomic E-state index is 4.58. The van der Waals surface area contributed by atoms with Gasteiger partial charge >= 0.3 is 0 Å². The molecular weight excluding hydrogens is 272 g/mol. The molecule has 0 spiro atoms. The van der Waals surface area contributed by atoms with Crippen molar-refractivity contribution < 1.29 is 0 Å². The van der Waals surface area contributed by atoms with E-state index < -0.39 is 0 Å². The molecule has 0 bridgehead atoms. The first-order valence-electron chi connectivity index (χ1n) is 6.96. The Kier molecular flexibility index (Phi) is 4.05. The van der Waals surface area contributed by atoms with Crippen molar-refractivity contribution in [3.63, 3.8) is 0 Å². The number of aromatic nitrogens is 4. The monoisotopic (exact) mass is 290 g/mol. The average Bonchev–Trinajstić information content (AvgIpc) is 2.85. The minimum absolute atomic E-state index is 0.820. The summed E-state index contributed by atoms with van der Waals surface area (Å²) in [6.45, 7) is 5.95. The Bertz CT molecular complexity index is 543. The molecule has 1 aliphatic rings. The minimum Gasteiger partial charge on any atom is -0.345 e. The van der Waals surface area contributed by atoms with Crippen LogP contribution in [0.25, 0.3) is 0 Å². The van der Waals surface area contributed by atoms with Crippen molar-refractivity contribution in [3.8, 4) is 0 Å². The summed E-state index contributed by atoms with van der Waals surface area (Å²) >= 11 is 1.50. The highest BCUT2D eigenvalue weighted by Crippen LogP contribution is 2.20. The first kappa shape index (κ1) is 13.2. The smallest absolute Gasteiger partial charge is 0.225 e. The Hall–Kier alpha value is -1.76. The SMILES string of the molecule is CCc1nsc(N2CCCN(c3ncccn3)CC2)n1. The van der Waals surface area contributed by atoms with Gasteiger partial charge < -0.3 is 9.80 Å². The van der Waals surface area contributed by atoms with Crippen LogP contribution in [-0.4, -0.2) is 45.5 Å². The number of rotatable bonds is 3. The van der Waals surface area contributed by atoms with Crippen LogP contribution in [0.5, 0.6) is 0 Å². The van der Waals surface area contributed by atoms with Crippen LogP contribution in [0, 0.1) is 0 Å². The van der Waals surface area contributed by atoms with E-state index in [0.29, 0.717) is 0 Å². The van der Waals surface area contributed by atoms with E-state index in [9.17, 15) is 0 Å². The van der Waals surface area contributed by atoms with Crippen molar-refractivity contribution in [2.24, 2.45) is 0 Å². The van der Waals surface area contributed by atoms with Gasteiger partial charge in [0.15, 0.2) is 0 Å². The minimum atomic E-state index is 0.820. The van der Waals surface area contributed by atoms with Gasteiger partial charge in [0.1, 0.15) is 5.82 Å². The van der Waals surface area contributed by atoms with E-state index in [4.69, 9.17) is 0 Å². The molecule has 3 heterocycles. The van der Waals surface area contributed by atoms with Crippen LogP contribution in [0.1, 0.15) is 19.2 Å². The maximum atomic E-state index is 4.58. The molecule has 0 atom stereocenters. The zero-order chi connectivity index (χ0) is 13.8. The summed E-state index contributed by atoms with van der Waals surface area (Å²) in [5.74, 6) is 1.76. The molecule has 7 heteroatoms. The number of nitrogens with zero attached hydrogens (tertiary/aromatic N) is 6. The van der Waals surface area contributed by atoms with E-state index >= 15 is 0 Å². The van der Waals surface area contributed by atoms with Gasteiger partial charge in [0.25, 0.3) is 0 Å². The van der Waals surface area contributed by atoms with Crippen LogP contribution in [0.3, 0.4) is 0 Å². The predicted octanol–water partition coefficient (Wildman–Crippen LogP) is 1.61. The largest absolute Gasteiger partial charge is 0.345 e. The molecule has 0 saturated carbocycles. The molecule has 6 nitrogen and oxygen atoms in total. The summed E-state index contributed by atoms with van der Waals surface area (Å²) in [5.41, 5.74) is 0. The molecule has 106 valence electrons. The Morgan fingerprint density at radius 1 is 1.10 bits per heavy atom. The van der Waals surface area contributed by atoms with Crippen LogP contribution >= 0.6 is 11.5 Å². The van der Waals surface area contributed by atoms with Crippen molar-refractivity contribution >= 4 is 22.6 Å². The summed E-state index contributed by atoms with van der Waals surface area (Å²) in [4.78, 5) is 17.8. The first-order chi connectivity index (χ1) is 9.86. The number of hydrogen-bond donors (Lipinski definition) is 0. The van der Waals surface area contributed by atoms with E-state index in [0.717, 1.165) is 55.9 Å². The lowest BCUT2D eigenvalue weighted by atomic mass is 10.4. The van der Waals surface area contributed by atoms with Crippen molar-refractivity contribution in [1.29, 1.82) is 0 Å². The second-order valence-corrected chi connectivity index (χ2v) is 5.45. The van der Waals surface area contributed by atoms with Gasteiger partial charge in [0.2, 0.25) is 11.1 Å². The van der Waals surface area contributed by atoms with E-state index in [-0.39, 0.29) is 0 Å². The van der Waals surface area contributed by atoms with Gasteiger partial charge in [-0.2, -0.15) is 4.37 Å². The third-order valence-corrected chi connectivity index (χ3v) is 4.19. The molecule has 0 amide bonds. The first-order valence-corrected chi connectivity index (χ1v) is 7.73. The fourth-order valence-corrected chi connectivity index (χ4v) is 3.08. The molecule has 1 aliphatic heterocycles. The molecule has 20 heavy (non-hydrogen) atoms. The second kappa shape index (κ2) is 6.13. The number of anilines is 2. The van der Waals surface area contributed by atoms with E-state index in [1.807, 2.05) is 6.07 Å². The normalized spacial score (nSPS) is 16.2. The van der Waals surface area contributed by atoms with Crippen LogP contribution in [0.4, 0.5) is 11.1 Å². The second-order valence-electron chi connectivity index (χ2n) is 4.72. The highest BCUT2D eigenvalue weighted by Gasteiger charge is 2.19. The lowest BCUT2D eigenvalue weighted by molar-refractivity contribution is 0.782. The number of hydrogen-bond acceptors (Lipinski definition) is 7. The van der Waals surface area contributed by atoms with Gasteiger partial charge in [-0.3, -0.25) is 0 Å². The van der Waals surface area contributed by atoms with E-state index in [1.54, 1.807) is 12.4 Å². The summed E-state index contributed by atoms with van der Waals surface area (Å²) in [7, 11) is 0. The summed E-state index contributed by atoms with van der Waals surface area (Å²) in [6.07, 6.45) is 5.57. The van der Waals surface area contributed by atoms with Crippen molar-refractivity contribution in [1.82, 2.24) is 19.3 Å². The van der Waals surface area contributed by atoms with Crippen LogP contribution in [0.2, 0.25) is 0 Å². The molecule has 0 radical (unpaired) electrons. The van der Waals surface area contributed by atoms with Gasteiger partial charge in [0.05, 0.1) is 0 Å². The highest BCUT2D eigenvalue weighted by atomic mass is 32.1. The van der Waals surface area contributed by atoms with Gasteiger partial charge in [-0.25, -0.2) is 15.0 Å². The third-order valence-electron chi connectivity index (χ3n) is 3.38. The molecule has 2 aromatic heterocycles. The van der Waals surface area contributed by atoms with Crippen LogP contribution in [0.15, 0.2) is 18.5 Å². The third kappa shape index (κ3) is 2.87. The standard InChI is InChI=1S/C13H18N6S/c1-2-11-16-13(20-17-11)19-8-4-7-18(9-10-19)12-14-5-3-6-15-12/h3,5-6H,2,4,7-10H2,1H3. The van der Waals surface area contributed by atoms with Gasteiger partial charge in [-0.1, -0.05) is 6.92 Å². The van der Waals surface area contributed by atoms with Crippen LogP contribution < -0.4 is 9.80 Å². The van der Waals surface area contributed by atoms with Gasteiger partial charge in [0, 0.05) is 56.5 Å². The van der Waals surface area contributed by atoms with Crippen molar-refractivity contribution in [2.75, 3.05) is 36.0 Å². The highest BCUT2D eigenvalue weighted by molar-refractivity contribution is 7.09. The fourth-order valence-electron chi connectivity index (χ4n) is 2.28. The molecule has 0 aliphatic carbocycles. The Balaban J connectivity index is 1.67. The Morgan fingerprint density at radius 2 is 1.85 bits per heavy atom. The van der Waals surface area contributed by atoms with Crippen molar-refractivity contribution in [3.05, 3.63) is 24.3 Å². The topological polar surface area (TPSA) is 58.0 Å². The van der Waals surface area contributed by atoms with E-state index in [1.165, 1.54) is 11.5 Å². The number of aryl methyl sites for hydroxylation is 1. The Labute approximate surface area is 122 Å². The maximum Gasteiger partial charge on any atom is 0.225 e. The Morgan fingerprint density at radius 3 is 2.60 bits per heavy atom. The molecule has 2 aromatic rings. The lowest BCUT2D eigenvalue weighted by Gasteiger charge is -2.21. The molecule has 1 saturated heterocycles. The molecule has 0 aromatic carbocycles. The van der Waals surface area contributed by atoms with Gasteiger partial charge in [-0.05, 0) is 12.5 Å². The quantitative estimate of drug-likeness (QED) is 0.856. The zero-order valence-corrected chi connectivity index (χ0v) is 12.4. The van der Waals surface area contributed by atoms with Gasteiger partial charge in [-0.15, -0.1) is 0 Å². The zero-order valence-electron chi connectivity index (χ0n) is 11.6. The predicted molar refractivity (Wildman–Crippen MR) is 80.4 cm³/mol. The van der Waals surface area contributed by atoms with E-state index in [2.05, 4.69) is 36.0 Å². The fraction of sp³-hybridized carbons (Fsp3) is 0.538. The molecule has 0 N–H and O–H groups in total. The summed E-state index contributed by atoms with van der Waals surface area (Å²) < 4.78 is 4.37. The van der Waals surface area contributed by atoms with Crippen molar-refractivity contribution in [2.45, 2.75) is 19.8 Å². The summed E-state index contributed by atoms with van der Waals surface area (Å²) in [5, 5.41) is 1.04.